The van der Waals surface area contributed by atoms with Gasteiger partial charge in [-0.25, -0.2) is 0 Å². The van der Waals surface area contributed by atoms with E-state index in [0.717, 1.165) is 30.5 Å². The SMILES string of the molecule is CCOCc1ccc(CNC(=O)CN2CCCC(C)C2CO)cc1. The van der Waals surface area contributed by atoms with Crippen molar-refractivity contribution >= 4 is 5.91 Å². The Labute approximate surface area is 145 Å². The monoisotopic (exact) mass is 334 g/mol. The van der Waals surface area contributed by atoms with Gasteiger partial charge in [-0.1, -0.05) is 31.2 Å². The molecule has 1 aliphatic heterocycles. The number of rotatable bonds is 8. The molecule has 1 aromatic carbocycles. The van der Waals surface area contributed by atoms with Crippen molar-refractivity contribution in [2.75, 3.05) is 26.3 Å². The zero-order chi connectivity index (χ0) is 17.4. The van der Waals surface area contributed by atoms with Crippen molar-refractivity contribution in [3.63, 3.8) is 0 Å². The molecule has 134 valence electrons. The molecule has 0 spiro atoms. The van der Waals surface area contributed by atoms with Crippen molar-refractivity contribution in [1.82, 2.24) is 10.2 Å². The lowest BCUT2D eigenvalue weighted by Crippen LogP contribution is -2.50. The smallest absolute Gasteiger partial charge is 0.234 e. The maximum atomic E-state index is 12.2. The molecule has 5 heteroatoms. The average Bonchev–Trinajstić information content (AvgIpc) is 2.59. The number of aliphatic hydroxyl groups excluding tert-OH is 1. The normalized spacial score (nSPS) is 21.6. The number of nitrogens with zero attached hydrogens (tertiary/aromatic N) is 1. The molecule has 1 amide bonds. The summed E-state index contributed by atoms with van der Waals surface area (Å²) in [5.41, 5.74) is 2.22. The van der Waals surface area contributed by atoms with E-state index >= 15 is 0 Å². The van der Waals surface area contributed by atoms with Crippen LogP contribution in [0.25, 0.3) is 0 Å². The number of amides is 1. The third kappa shape index (κ3) is 5.58. The summed E-state index contributed by atoms with van der Waals surface area (Å²) in [6.45, 7) is 7.35. The molecule has 0 saturated carbocycles. The molecule has 0 aliphatic carbocycles. The Morgan fingerprint density at radius 1 is 1.33 bits per heavy atom. The van der Waals surface area contributed by atoms with Crippen LogP contribution in [0.1, 0.15) is 37.8 Å². The zero-order valence-electron chi connectivity index (χ0n) is 14.8. The molecule has 2 rings (SSSR count). The lowest BCUT2D eigenvalue weighted by atomic mass is 9.91. The second kappa shape index (κ2) is 9.77. The second-order valence-corrected chi connectivity index (χ2v) is 6.57. The fourth-order valence-corrected chi connectivity index (χ4v) is 3.24. The van der Waals surface area contributed by atoms with Crippen LogP contribution < -0.4 is 5.32 Å². The summed E-state index contributed by atoms with van der Waals surface area (Å²) in [4.78, 5) is 14.3. The first kappa shape index (κ1) is 18.9. The maximum Gasteiger partial charge on any atom is 0.234 e. The van der Waals surface area contributed by atoms with E-state index < -0.39 is 0 Å². The summed E-state index contributed by atoms with van der Waals surface area (Å²) in [5.74, 6) is 0.454. The van der Waals surface area contributed by atoms with Crippen molar-refractivity contribution in [3.05, 3.63) is 35.4 Å². The van der Waals surface area contributed by atoms with E-state index in [1.54, 1.807) is 0 Å². The molecular formula is C19H30N2O3. The molecule has 2 atom stereocenters. The van der Waals surface area contributed by atoms with Gasteiger partial charge in [-0.05, 0) is 43.4 Å². The standard InChI is InChI=1S/C19H30N2O3/c1-3-24-14-17-8-6-16(7-9-17)11-20-19(23)12-21-10-4-5-15(2)18(21)13-22/h6-9,15,18,22H,3-5,10-14H2,1-2H3,(H,20,23). The number of carbonyl (C=O) groups is 1. The molecular weight excluding hydrogens is 304 g/mol. The highest BCUT2D eigenvalue weighted by Gasteiger charge is 2.28. The van der Waals surface area contributed by atoms with Gasteiger partial charge in [0.2, 0.25) is 5.91 Å². The van der Waals surface area contributed by atoms with Crippen LogP contribution in [-0.2, 0) is 22.7 Å². The lowest BCUT2D eigenvalue weighted by Gasteiger charge is -2.38. The molecule has 1 aromatic rings. The number of carbonyl (C=O) groups excluding carboxylic acids is 1. The van der Waals surface area contributed by atoms with Gasteiger partial charge in [-0.2, -0.15) is 0 Å². The predicted molar refractivity (Wildman–Crippen MR) is 94.5 cm³/mol. The Morgan fingerprint density at radius 3 is 2.71 bits per heavy atom. The van der Waals surface area contributed by atoms with E-state index in [2.05, 4.69) is 17.1 Å². The molecule has 1 heterocycles. The first-order valence-electron chi connectivity index (χ1n) is 8.91. The minimum atomic E-state index is 0.0148. The van der Waals surface area contributed by atoms with E-state index in [-0.39, 0.29) is 18.6 Å². The number of aliphatic hydroxyl groups is 1. The van der Waals surface area contributed by atoms with Crippen LogP contribution >= 0.6 is 0 Å². The molecule has 0 aromatic heterocycles. The molecule has 5 nitrogen and oxygen atoms in total. The molecule has 0 bridgehead atoms. The number of nitrogens with one attached hydrogen (secondary N) is 1. The van der Waals surface area contributed by atoms with Crippen molar-refractivity contribution < 1.29 is 14.6 Å². The fourth-order valence-electron chi connectivity index (χ4n) is 3.24. The van der Waals surface area contributed by atoms with Gasteiger partial charge in [0.25, 0.3) is 0 Å². The largest absolute Gasteiger partial charge is 0.395 e. The van der Waals surface area contributed by atoms with Crippen molar-refractivity contribution in [1.29, 1.82) is 0 Å². The Balaban J connectivity index is 1.78. The van der Waals surface area contributed by atoms with Gasteiger partial charge >= 0.3 is 0 Å². The topological polar surface area (TPSA) is 61.8 Å². The minimum absolute atomic E-state index is 0.0148. The lowest BCUT2D eigenvalue weighted by molar-refractivity contribution is -0.124. The van der Waals surface area contributed by atoms with Crippen molar-refractivity contribution in [2.45, 2.75) is 45.9 Å². The molecule has 24 heavy (non-hydrogen) atoms. The fraction of sp³-hybridized carbons (Fsp3) is 0.632. The third-order valence-corrected chi connectivity index (χ3v) is 4.75. The molecule has 0 radical (unpaired) electrons. The van der Waals surface area contributed by atoms with Gasteiger partial charge in [-0.3, -0.25) is 9.69 Å². The molecule has 1 saturated heterocycles. The van der Waals surface area contributed by atoms with E-state index in [0.29, 0.717) is 32.2 Å². The van der Waals surface area contributed by atoms with Crippen molar-refractivity contribution in [2.24, 2.45) is 5.92 Å². The van der Waals surface area contributed by atoms with Gasteiger partial charge in [0, 0.05) is 19.2 Å². The van der Waals surface area contributed by atoms with E-state index in [4.69, 9.17) is 4.74 Å². The van der Waals surface area contributed by atoms with Gasteiger partial charge in [-0.15, -0.1) is 0 Å². The Bertz CT molecular complexity index is 504. The summed E-state index contributed by atoms with van der Waals surface area (Å²) in [7, 11) is 0. The van der Waals surface area contributed by atoms with Gasteiger partial charge < -0.3 is 15.2 Å². The number of hydrogen-bond acceptors (Lipinski definition) is 4. The van der Waals surface area contributed by atoms with Crippen LogP contribution in [0.4, 0.5) is 0 Å². The van der Waals surface area contributed by atoms with Crippen LogP contribution in [0.3, 0.4) is 0 Å². The van der Waals surface area contributed by atoms with Crippen LogP contribution in [0.15, 0.2) is 24.3 Å². The maximum absolute atomic E-state index is 12.2. The van der Waals surface area contributed by atoms with Crippen LogP contribution in [-0.4, -0.2) is 48.3 Å². The molecule has 1 fully saturated rings. The van der Waals surface area contributed by atoms with E-state index in [1.165, 1.54) is 0 Å². The van der Waals surface area contributed by atoms with Crippen LogP contribution in [0, 0.1) is 5.92 Å². The molecule has 1 aliphatic rings. The second-order valence-electron chi connectivity index (χ2n) is 6.57. The molecule has 2 unspecified atom stereocenters. The number of ether oxygens (including phenoxy) is 1. The summed E-state index contributed by atoms with van der Waals surface area (Å²) in [6, 6.07) is 8.21. The number of benzene rings is 1. The Kier molecular flexibility index (Phi) is 7.69. The van der Waals surface area contributed by atoms with Crippen LogP contribution in [0.2, 0.25) is 0 Å². The number of piperidine rings is 1. The summed E-state index contributed by atoms with van der Waals surface area (Å²) in [5, 5.41) is 12.5. The summed E-state index contributed by atoms with van der Waals surface area (Å²) >= 11 is 0. The quantitative estimate of drug-likeness (QED) is 0.763. The van der Waals surface area contributed by atoms with Gasteiger partial charge in [0.1, 0.15) is 0 Å². The highest BCUT2D eigenvalue weighted by atomic mass is 16.5. The third-order valence-electron chi connectivity index (χ3n) is 4.75. The van der Waals surface area contributed by atoms with Crippen molar-refractivity contribution in [3.8, 4) is 0 Å². The predicted octanol–water partition coefficient (Wildman–Crippen LogP) is 1.93. The van der Waals surface area contributed by atoms with Crippen LogP contribution in [0.5, 0.6) is 0 Å². The van der Waals surface area contributed by atoms with E-state index in [1.807, 2.05) is 31.2 Å². The summed E-state index contributed by atoms with van der Waals surface area (Å²) < 4.78 is 5.38. The van der Waals surface area contributed by atoms with Gasteiger partial charge in [0.05, 0.1) is 19.8 Å². The average molecular weight is 334 g/mol. The van der Waals surface area contributed by atoms with E-state index in [9.17, 15) is 9.90 Å². The van der Waals surface area contributed by atoms with Gasteiger partial charge in [0.15, 0.2) is 0 Å². The number of likely N-dealkylation sites (tertiary alicyclic amines) is 1. The number of hydrogen-bond donors (Lipinski definition) is 2. The first-order valence-corrected chi connectivity index (χ1v) is 8.91. The highest BCUT2D eigenvalue weighted by molar-refractivity contribution is 5.78. The summed E-state index contributed by atoms with van der Waals surface area (Å²) in [6.07, 6.45) is 2.21. The Morgan fingerprint density at radius 2 is 2.04 bits per heavy atom. The minimum Gasteiger partial charge on any atom is -0.395 e. The highest BCUT2D eigenvalue weighted by Crippen LogP contribution is 2.22. The molecule has 2 N–H and O–H groups in total. The first-order chi connectivity index (χ1) is 11.6. The zero-order valence-corrected chi connectivity index (χ0v) is 14.8. The Hall–Kier alpha value is -1.43.